The van der Waals surface area contributed by atoms with Gasteiger partial charge >= 0.3 is 0 Å². The average Bonchev–Trinajstić information content (AvgIpc) is 2.74. The molecule has 0 aromatic carbocycles. The highest BCUT2D eigenvalue weighted by molar-refractivity contribution is 5.15. The lowest BCUT2D eigenvalue weighted by Crippen LogP contribution is -2.53. The van der Waals surface area contributed by atoms with Crippen LogP contribution in [-0.2, 0) is 0 Å². The van der Waals surface area contributed by atoms with Gasteiger partial charge in [0.15, 0.2) is 0 Å². The van der Waals surface area contributed by atoms with E-state index in [1.807, 2.05) is 0 Å². The summed E-state index contributed by atoms with van der Waals surface area (Å²) in [5.74, 6) is 4.19. The highest BCUT2D eigenvalue weighted by Gasteiger charge is 2.66. The molecule has 1 N–H and O–H groups in total. The Morgan fingerprint density at radius 1 is 1.00 bits per heavy atom. The molecule has 0 aromatic heterocycles. The van der Waals surface area contributed by atoms with Crippen molar-refractivity contribution in [2.75, 3.05) is 7.05 Å². The summed E-state index contributed by atoms with van der Waals surface area (Å²) in [6.45, 7) is 0. The van der Waals surface area contributed by atoms with Gasteiger partial charge in [-0.25, -0.2) is 10.4 Å². The molecule has 4 saturated carbocycles. The first kappa shape index (κ1) is 7.24. The van der Waals surface area contributed by atoms with Crippen molar-refractivity contribution in [2.24, 2.45) is 23.7 Å². The average molecular weight is 178 g/mol. The predicted octanol–water partition coefficient (Wildman–Crippen LogP) is 1.59. The Balaban J connectivity index is 1.75. The van der Waals surface area contributed by atoms with Gasteiger partial charge in [0, 0.05) is 7.05 Å². The molecule has 4 bridgehead atoms. The number of rotatable bonds is 0. The Labute approximate surface area is 79.6 Å². The van der Waals surface area contributed by atoms with E-state index in [2.05, 4.69) is 17.5 Å². The van der Waals surface area contributed by atoms with Gasteiger partial charge in [-0.2, -0.15) is 0 Å². The maximum Gasteiger partial charge on any atom is 0.103 e. The second-order valence-electron chi connectivity index (χ2n) is 5.80. The fraction of sp³-hybridized carbons (Fsp3) is 1.00. The van der Waals surface area contributed by atoms with Crippen LogP contribution < -0.4 is 5.43 Å². The van der Waals surface area contributed by atoms with Gasteiger partial charge in [0.25, 0.3) is 0 Å². The fourth-order valence-corrected chi connectivity index (χ4v) is 4.88. The van der Waals surface area contributed by atoms with Crippen LogP contribution in [0.25, 0.3) is 0 Å². The normalized spacial score (nSPS) is 67.6. The zero-order chi connectivity index (χ0) is 8.63. The number of nitrogens with zero attached hydrogens (tertiary/aromatic N) is 1. The molecule has 5 rings (SSSR count). The van der Waals surface area contributed by atoms with Crippen LogP contribution in [0, 0.1) is 23.7 Å². The minimum atomic E-state index is 0.493. The zero-order valence-corrected chi connectivity index (χ0v) is 8.29. The predicted molar refractivity (Wildman–Crippen MR) is 50.7 cm³/mol. The van der Waals surface area contributed by atoms with Gasteiger partial charge in [0.1, 0.15) is 5.66 Å². The lowest BCUT2D eigenvalue weighted by Gasteiger charge is -2.54. The summed E-state index contributed by atoms with van der Waals surface area (Å²) in [5, 5.41) is 2.40. The van der Waals surface area contributed by atoms with E-state index < -0.39 is 0 Å². The minimum absolute atomic E-state index is 0.493. The van der Waals surface area contributed by atoms with Crippen LogP contribution in [0.2, 0.25) is 0 Å². The van der Waals surface area contributed by atoms with Crippen LogP contribution in [0.15, 0.2) is 0 Å². The second-order valence-corrected chi connectivity index (χ2v) is 5.80. The molecule has 5 fully saturated rings. The third-order valence-electron chi connectivity index (χ3n) is 5.23. The Hall–Kier alpha value is -0.0800. The molecule has 5 aliphatic rings. The molecule has 1 heterocycles. The van der Waals surface area contributed by atoms with Gasteiger partial charge in [-0.15, -0.1) is 0 Å². The summed E-state index contributed by atoms with van der Waals surface area (Å²) in [4.78, 5) is 0. The minimum Gasteiger partial charge on any atom is -0.232 e. The van der Waals surface area contributed by atoms with Crippen molar-refractivity contribution in [3.8, 4) is 0 Å². The van der Waals surface area contributed by atoms with E-state index in [4.69, 9.17) is 0 Å². The van der Waals surface area contributed by atoms with E-state index in [9.17, 15) is 0 Å². The maximum absolute atomic E-state index is 3.62. The van der Waals surface area contributed by atoms with Crippen molar-refractivity contribution < 1.29 is 0 Å². The molecule has 0 radical (unpaired) electrons. The highest BCUT2D eigenvalue weighted by atomic mass is 15.8. The number of hydrogen-bond acceptors (Lipinski definition) is 2. The van der Waals surface area contributed by atoms with Crippen molar-refractivity contribution in [1.29, 1.82) is 0 Å². The quantitative estimate of drug-likeness (QED) is 0.570. The summed E-state index contributed by atoms with van der Waals surface area (Å²) in [6, 6.07) is 0. The van der Waals surface area contributed by atoms with Crippen molar-refractivity contribution in [3.63, 3.8) is 0 Å². The van der Waals surface area contributed by atoms with Crippen molar-refractivity contribution in [3.05, 3.63) is 0 Å². The van der Waals surface area contributed by atoms with E-state index in [1.54, 1.807) is 6.42 Å². The molecule has 1 spiro atoms. The molecular weight excluding hydrogens is 160 g/mol. The molecule has 13 heavy (non-hydrogen) atoms. The number of nitrogens with one attached hydrogen (secondary N) is 1. The van der Waals surface area contributed by atoms with Crippen molar-refractivity contribution in [2.45, 2.75) is 37.8 Å². The van der Waals surface area contributed by atoms with E-state index >= 15 is 0 Å². The standard InChI is InChI=1S/C11H18N2/c1-13-11(12-13)9-3-7-2-8(5-9)6-10(11)4-7/h7-10,12H,2-6H2,1H3. The number of hydrazine groups is 1. The molecule has 4 aliphatic carbocycles. The van der Waals surface area contributed by atoms with Gasteiger partial charge in [-0.3, -0.25) is 0 Å². The lowest BCUT2D eigenvalue weighted by atomic mass is 9.52. The zero-order valence-electron chi connectivity index (χ0n) is 8.29. The first-order chi connectivity index (χ1) is 6.29. The lowest BCUT2D eigenvalue weighted by molar-refractivity contribution is -0.0337. The summed E-state index contributed by atoms with van der Waals surface area (Å²) < 4.78 is 0. The second kappa shape index (κ2) is 1.96. The largest absolute Gasteiger partial charge is 0.232 e. The van der Waals surface area contributed by atoms with E-state index in [0.717, 1.165) is 23.7 Å². The first-order valence-corrected chi connectivity index (χ1v) is 5.80. The van der Waals surface area contributed by atoms with Crippen molar-refractivity contribution >= 4 is 0 Å². The highest BCUT2D eigenvalue weighted by Crippen LogP contribution is 2.62. The summed E-state index contributed by atoms with van der Waals surface area (Å²) in [6.07, 6.45) is 7.64. The van der Waals surface area contributed by atoms with Gasteiger partial charge < -0.3 is 0 Å². The van der Waals surface area contributed by atoms with E-state index in [-0.39, 0.29) is 0 Å². The van der Waals surface area contributed by atoms with Crippen LogP contribution in [-0.4, -0.2) is 17.7 Å². The Morgan fingerprint density at radius 3 is 1.85 bits per heavy atom. The van der Waals surface area contributed by atoms with Crippen LogP contribution in [0.4, 0.5) is 0 Å². The van der Waals surface area contributed by atoms with Crippen molar-refractivity contribution in [1.82, 2.24) is 10.4 Å². The van der Waals surface area contributed by atoms with Crippen LogP contribution in [0.5, 0.6) is 0 Å². The van der Waals surface area contributed by atoms with E-state index in [0.29, 0.717) is 5.66 Å². The molecule has 1 saturated heterocycles. The SMILES string of the molecule is CN1NC12C1CC3CC(C1)CC2C3. The number of hydrogen-bond donors (Lipinski definition) is 1. The molecule has 0 aromatic rings. The van der Waals surface area contributed by atoms with Gasteiger partial charge in [-0.05, 0) is 55.8 Å². The molecule has 1 unspecified atom stereocenters. The molecule has 0 amide bonds. The molecular formula is C11H18N2. The molecule has 1 aliphatic heterocycles. The fourth-order valence-electron chi connectivity index (χ4n) is 4.88. The molecule has 2 nitrogen and oxygen atoms in total. The molecule has 72 valence electrons. The molecule has 2 heteroatoms. The van der Waals surface area contributed by atoms with Crippen LogP contribution >= 0.6 is 0 Å². The molecule has 1 atom stereocenters. The Morgan fingerprint density at radius 2 is 1.46 bits per heavy atom. The third-order valence-corrected chi connectivity index (χ3v) is 5.23. The maximum atomic E-state index is 3.62. The Kier molecular flexibility index (Phi) is 1.09. The monoisotopic (exact) mass is 178 g/mol. The third kappa shape index (κ3) is 0.701. The van der Waals surface area contributed by atoms with Gasteiger partial charge in [-0.1, -0.05) is 0 Å². The van der Waals surface area contributed by atoms with Crippen LogP contribution in [0.3, 0.4) is 0 Å². The van der Waals surface area contributed by atoms with Gasteiger partial charge in [0.05, 0.1) is 0 Å². The van der Waals surface area contributed by atoms with Crippen LogP contribution in [0.1, 0.15) is 32.1 Å². The first-order valence-electron chi connectivity index (χ1n) is 5.80. The Bertz CT molecular complexity index is 233. The van der Waals surface area contributed by atoms with Gasteiger partial charge in [0.2, 0.25) is 0 Å². The smallest absolute Gasteiger partial charge is 0.103 e. The summed E-state index contributed by atoms with van der Waals surface area (Å²) >= 11 is 0. The summed E-state index contributed by atoms with van der Waals surface area (Å²) in [7, 11) is 2.24. The van der Waals surface area contributed by atoms with E-state index in [1.165, 1.54) is 25.7 Å². The summed E-state index contributed by atoms with van der Waals surface area (Å²) in [5.41, 5.74) is 4.12. The topological polar surface area (TPSA) is 25.0 Å².